The average Bonchev–Trinajstić information content (AvgIpc) is 3.10. The predicted octanol–water partition coefficient (Wildman–Crippen LogP) is 4.29. The van der Waals surface area contributed by atoms with Gasteiger partial charge in [-0.25, -0.2) is 9.78 Å². The van der Waals surface area contributed by atoms with E-state index in [4.69, 9.17) is 4.74 Å². The lowest BCUT2D eigenvalue weighted by atomic mass is 9.98. The molecule has 1 amide bonds. The zero-order valence-corrected chi connectivity index (χ0v) is 15.8. The molecule has 0 saturated heterocycles. The summed E-state index contributed by atoms with van der Waals surface area (Å²) < 4.78 is 6.26. The summed E-state index contributed by atoms with van der Waals surface area (Å²) in [5.41, 5.74) is 3.08. The van der Waals surface area contributed by atoms with Crippen LogP contribution in [-0.2, 0) is 16.0 Å². The Morgan fingerprint density at radius 2 is 1.96 bits per heavy atom. The first-order chi connectivity index (χ1) is 12.6. The average molecular weight is 429 g/mol. The number of thiazole rings is 1. The number of benzene rings is 2. The third-order valence-corrected chi connectivity index (χ3v) is 5.35. The topological polar surface area (TPSA) is 68.3 Å². The van der Waals surface area contributed by atoms with Crippen molar-refractivity contribution >= 4 is 44.3 Å². The van der Waals surface area contributed by atoms with Gasteiger partial charge in [0.15, 0.2) is 11.2 Å². The van der Waals surface area contributed by atoms with Crippen LogP contribution in [0, 0.1) is 0 Å². The van der Waals surface area contributed by atoms with Crippen LogP contribution < -0.4 is 5.32 Å². The number of carbonyl (C=O) groups excluding carboxylic acids is 2. The van der Waals surface area contributed by atoms with E-state index in [1.54, 1.807) is 12.1 Å². The van der Waals surface area contributed by atoms with Gasteiger partial charge in [0.05, 0.1) is 11.3 Å². The minimum atomic E-state index is -0.850. The van der Waals surface area contributed by atoms with Crippen LogP contribution in [0.2, 0.25) is 0 Å². The molecule has 1 aromatic heterocycles. The van der Waals surface area contributed by atoms with E-state index in [0.29, 0.717) is 17.1 Å². The van der Waals surface area contributed by atoms with Crippen LogP contribution >= 0.6 is 27.3 Å². The van der Waals surface area contributed by atoms with Crippen LogP contribution in [0.1, 0.15) is 15.9 Å². The van der Waals surface area contributed by atoms with Crippen molar-refractivity contribution in [3.8, 4) is 11.3 Å². The van der Waals surface area contributed by atoms with Crippen molar-refractivity contribution in [2.75, 3.05) is 5.32 Å². The molecule has 7 heteroatoms. The standard InChI is InChI=1S/C19H13BrN2O3S/c20-13-7-5-11(6-8-13)15-10-26-19(21-15)22-17(23)16-9-12-3-1-2-4-14(12)18(24)25-16/h1-8,10,16H,9H2,(H,21,22,23)/t16-/m1/s1. The largest absolute Gasteiger partial charge is 0.448 e. The Morgan fingerprint density at radius 1 is 1.19 bits per heavy atom. The molecule has 0 bridgehead atoms. The fourth-order valence-electron chi connectivity index (χ4n) is 2.75. The maximum atomic E-state index is 12.5. The van der Waals surface area contributed by atoms with Gasteiger partial charge in [-0.15, -0.1) is 11.3 Å². The summed E-state index contributed by atoms with van der Waals surface area (Å²) in [5.74, 6) is -0.841. The molecule has 4 rings (SSSR count). The minimum absolute atomic E-state index is 0.360. The molecule has 5 nitrogen and oxygen atoms in total. The van der Waals surface area contributed by atoms with Crippen LogP contribution in [-0.4, -0.2) is 23.0 Å². The second-order valence-electron chi connectivity index (χ2n) is 5.79. The molecule has 0 saturated carbocycles. The Bertz CT molecular complexity index is 984. The van der Waals surface area contributed by atoms with E-state index in [-0.39, 0.29) is 5.91 Å². The van der Waals surface area contributed by atoms with E-state index in [1.165, 1.54) is 11.3 Å². The normalized spacial score (nSPS) is 15.9. The number of hydrogen-bond acceptors (Lipinski definition) is 5. The summed E-state index contributed by atoms with van der Waals surface area (Å²) in [6.07, 6.45) is -0.490. The number of carbonyl (C=O) groups is 2. The smallest absolute Gasteiger partial charge is 0.339 e. The maximum Gasteiger partial charge on any atom is 0.339 e. The molecule has 26 heavy (non-hydrogen) atoms. The third-order valence-electron chi connectivity index (χ3n) is 4.06. The molecule has 0 spiro atoms. The zero-order chi connectivity index (χ0) is 18.1. The number of hydrogen-bond donors (Lipinski definition) is 1. The van der Waals surface area contributed by atoms with Crippen molar-refractivity contribution in [2.24, 2.45) is 0 Å². The highest BCUT2D eigenvalue weighted by Crippen LogP contribution is 2.27. The predicted molar refractivity (Wildman–Crippen MR) is 103 cm³/mol. The lowest BCUT2D eigenvalue weighted by Gasteiger charge is -2.23. The summed E-state index contributed by atoms with van der Waals surface area (Å²) in [7, 11) is 0. The second kappa shape index (κ2) is 7.01. The summed E-state index contributed by atoms with van der Waals surface area (Å²) in [6, 6.07) is 14.9. The van der Waals surface area contributed by atoms with E-state index < -0.39 is 12.1 Å². The summed E-state index contributed by atoms with van der Waals surface area (Å²) in [6.45, 7) is 0. The Labute approximate surface area is 162 Å². The number of esters is 1. The van der Waals surface area contributed by atoms with Crippen molar-refractivity contribution in [1.82, 2.24) is 4.98 Å². The number of aromatic nitrogens is 1. The van der Waals surface area contributed by atoms with Crippen molar-refractivity contribution < 1.29 is 14.3 Å². The molecule has 1 aliphatic heterocycles. The van der Waals surface area contributed by atoms with E-state index in [1.807, 2.05) is 41.8 Å². The number of fused-ring (bicyclic) bond motifs is 1. The molecule has 1 atom stereocenters. The van der Waals surface area contributed by atoms with Crippen LogP contribution in [0.4, 0.5) is 5.13 Å². The maximum absolute atomic E-state index is 12.5. The van der Waals surface area contributed by atoms with Gasteiger partial charge < -0.3 is 4.74 Å². The van der Waals surface area contributed by atoms with Crippen molar-refractivity contribution in [3.05, 3.63) is 69.5 Å². The molecular formula is C19H13BrN2O3S. The lowest BCUT2D eigenvalue weighted by molar-refractivity contribution is -0.125. The highest BCUT2D eigenvalue weighted by molar-refractivity contribution is 9.10. The number of nitrogens with one attached hydrogen (secondary N) is 1. The van der Waals surface area contributed by atoms with Gasteiger partial charge in [-0.2, -0.15) is 0 Å². The first kappa shape index (κ1) is 16.9. The highest BCUT2D eigenvalue weighted by Gasteiger charge is 2.31. The van der Waals surface area contributed by atoms with Crippen LogP contribution in [0.25, 0.3) is 11.3 Å². The van der Waals surface area contributed by atoms with Crippen LogP contribution in [0.5, 0.6) is 0 Å². The summed E-state index contributed by atoms with van der Waals surface area (Å²) in [5, 5.41) is 5.10. The van der Waals surface area contributed by atoms with Crippen molar-refractivity contribution in [1.29, 1.82) is 0 Å². The highest BCUT2D eigenvalue weighted by atomic mass is 79.9. The number of halogens is 1. The Morgan fingerprint density at radius 3 is 2.77 bits per heavy atom. The Hall–Kier alpha value is -2.51. The summed E-state index contributed by atoms with van der Waals surface area (Å²) in [4.78, 5) is 29.0. The molecule has 0 radical (unpaired) electrons. The first-order valence-corrected chi connectivity index (χ1v) is 9.58. The fourth-order valence-corrected chi connectivity index (χ4v) is 3.73. The minimum Gasteiger partial charge on any atom is -0.448 e. The third kappa shape index (κ3) is 3.40. The van der Waals surface area contributed by atoms with E-state index in [9.17, 15) is 9.59 Å². The molecule has 0 aliphatic carbocycles. The van der Waals surface area contributed by atoms with Crippen LogP contribution in [0.15, 0.2) is 58.4 Å². The molecule has 0 fully saturated rings. The van der Waals surface area contributed by atoms with E-state index >= 15 is 0 Å². The first-order valence-electron chi connectivity index (χ1n) is 7.91. The number of nitrogens with zero attached hydrogens (tertiary/aromatic N) is 1. The Balaban J connectivity index is 1.47. The lowest BCUT2D eigenvalue weighted by Crippen LogP contribution is -2.37. The van der Waals surface area contributed by atoms with Gasteiger partial charge in [-0.1, -0.05) is 46.3 Å². The van der Waals surface area contributed by atoms with Crippen LogP contribution in [0.3, 0.4) is 0 Å². The van der Waals surface area contributed by atoms with Gasteiger partial charge in [0.2, 0.25) is 0 Å². The van der Waals surface area contributed by atoms with E-state index in [2.05, 4.69) is 26.2 Å². The zero-order valence-electron chi connectivity index (χ0n) is 13.4. The van der Waals surface area contributed by atoms with Gasteiger partial charge in [0.1, 0.15) is 0 Å². The molecule has 1 N–H and O–H groups in total. The molecule has 2 heterocycles. The number of anilines is 1. The SMILES string of the molecule is O=C1O[C@@H](C(=O)Nc2nc(-c3ccc(Br)cc3)cs2)Cc2ccccc21. The number of rotatable bonds is 3. The van der Waals surface area contributed by atoms with Gasteiger partial charge in [0.25, 0.3) is 5.91 Å². The van der Waals surface area contributed by atoms with Gasteiger partial charge >= 0.3 is 5.97 Å². The monoisotopic (exact) mass is 428 g/mol. The number of cyclic esters (lactones) is 1. The van der Waals surface area contributed by atoms with Crippen molar-refractivity contribution in [2.45, 2.75) is 12.5 Å². The molecule has 130 valence electrons. The molecular weight excluding hydrogens is 416 g/mol. The second-order valence-corrected chi connectivity index (χ2v) is 7.56. The van der Waals surface area contributed by atoms with Gasteiger partial charge in [0, 0.05) is 21.8 Å². The quantitative estimate of drug-likeness (QED) is 0.631. The molecule has 0 unspecified atom stereocenters. The van der Waals surface area contributed by atoms with E-state index in [0.717, 1.165) is 21.3 Å². The number of amides is 1. The number of ether oxygens (including phenoxy) is 1. The fraction of sp³-hybridized carbons (Fsp3) is 0.105. The molecule has 1 aliphatic rings. The molecule has 3 aromatic rings. The molecule has 2 aromatic carbocycles. The van der Waals surface area contributed by atoms with Gasteiger partial charge in [-0.3, -0.25) is 10.1 Å². The Kier molecular flexibility index (Phi) is 4.57. The van der Waals surface area contributed by atoms with Gasteiger partial charge in [-0.05, 0) is 23.8 Å². The van der Waals surface area contributed by atoms with Crippen molar-refractivity contribution in [3.63, 3.8) is 0 Å². The summed E-state index contributed by atoms with van der Waals surface area (Å²) >= 11 is 4.73.